The molecule has 1 atom stereocenters. The van der Waals surface area contributed by atoms with Gasteiger partial charge in [-0.2, -0.15) is 0 Å². The van der Waals surface area contributed by atoms with Gasteiger partial charge in [0.2, 0.25) is 0 Å². The second-order valence-electron chi connectivity index (χ2n) is 18.7. The highest BCUT2D eigenvalue weighted by atomic mass is 15.2. The molecular weight excluding hydrogens is 897 g/mol. The van der Waals surface area contributed by atoms with Gasteiger partial charge in [-0.05, 0) is 157 Å². The molecule has 1 unspecified atom stereocenters. The van der Waals surface area contributed by atoms with Crippen LogP contribution in [0.3, 0.4) is 0 Å². The van der Waals surface area contributed by atoms with Crippen molar-refractivity contribution >= 4 is 78.3 Å². The summed E-state index contributed by atoms with van der Waals surface area (Å²) >= 11 is 0. The van der Waals surface area contributed by atoms with E-state index in [4.69, 9.17) is 0 Å². The van der Waals surface area contributed by atoms with E-state index >= 15 is 0 Å². The predicted octanol–water partition coefficient (Wildman–Crippen LogP) is 19.6. The lowest BCUT2D eigenvalue weighted by molar-refractivity contribution is 0.636. The number of hydrogen-bond donors (Lipinski definition) is 0. The minimum absolute atomic E-state index is 0.178. The quantitative estimate of drug-likeness (QED) is 0.0949. The molecule has 0 saturated heterocycles. The summed E-state index contributed by atoms with van der Waals surface area (Å²) in [7, 11) is 0. The molecule has 10 aromatic carbocycles. The van der Waals surface area contributed by atoms with Gasteiger partial charge in [0.15, 0.2) is 0 Å². The van der Waals surface area contributed by atoms with E-state index in [1.807, 2.05) is 6.08 Å². The third-order valence-electron chi connectivity index (χ3n) is 14.0. The van der Waals surface area contributed by atoms with Crippen LogP contribution >= 0.6 is 0 Å². The first-order valence-corrected chi connectivity index (χ1v) is 25.5. The summed E-state index contributed by atoms with van der Waals surface area (Å²) in [5.74, 6) is 0.178. The molecule has 0 heterocycles. The van der Waals surface area contributed by atoms with Crippen molar-refractivity contribution < 1.29 is 0 Å². The highest BCUT2D eigenvalue weighted by Gasteiger charge is 2.28. The molecule has 11 rings (SSSR count). The summed E-state index contributed by atoms with van der Waals surface area (Å²) in [5, 5.41) is 4.76. The molecule has 0 fully saturated rings. The first-order chi connectivity index (χ1) is 36.5. The van der Waals surface area contributed by atoms with Crippen molar-refractivity contribution in [3.8, 4) is 0 Å². The van der Waals surface area contributed by atoms with Gasteiger partial charge in [0.05, 0.1) is 11.4 Å². The Kier molecular flexibility index (Phi) is 13.7. The number of hydrogen-bond acceptors (Lipinski definition) is 4. The van der Waals surface area contributed by atoms with Crippen LogP contribution in [0.1, 0.15) is 25.8 Å². The fourth-order valence-corrected chi connectivity index (χ4v) is 10.4. The first kappa shape index (κ1) is 47.0. The molecule has 1 aliphatic rings. The molecular formula is C70H58N4. The third kappa shape index (κ3) is 9.69. The Labute approximate surface area is 436 Å². The Balaban J connectivity index is 0.953. The lowest BCUT2D eigenvalue weighted by Gasteiger charge is -2.37. The summed E-state index contributed by atoms with van der Waals surface area (Å²) in [5.41, 5.74) is 15.7. The molecule has 74 heavy (non-hydrogen) atoms. The van der Waals surface area contributed by atoms with E-state index in [-0.39, 0.29) is 5.92 Å². The maximum atomic E-state index is 4.44. The standard InChI is InChI=1S/C70H58N4/c1-4-57(74(70-38-22-26-56-24-18-20-36-67(56)70)68-50-49-65(51-53(68)3)72(60-31-13-7-14-32-60)61-33-15-8-16-34-61)42-39-52(2)54-40-43-63(44-41-54)73(69-37-21-25-55-23-17-19-35-66(55)69)64-47-45-62(46-48-64)71(58-27-9-5-10-28-58)59-29-11-6-12-30-59/h4-50,53H,1,51H2,2-3H3/b52-39+,57-42+. The van der Waals surface area contributed by atoms with Crippen LogP contribution in [0.15, 0.2) is 309 Å². The van der Waals surface area contributed by atoms with Crippen LogP contribution in [-0.2, 0) is 0 Å². The van der Waals surface area contributed by atoms with Gasteiger partial charge < -0.3 is 19.6 Å². The molecule has 4 nitrogen and oxygen atoms in total. The van der Waals surface area contributed by atoms with E-state index in [1.54, 1.807) is 0 Å². The molecule has 10 aromatic rings. The van der Waals surface area contributed by atoms with Gasteiger partial charge in [0.25, 0.3) is 0 Å². The lowest BCUT2D eigenvalue weighted by atomic mass is 9.92. The number of rotatable bonds is 15. The van der Waals surface area contributed by atoms with Crippen molar-refractivity contribution in [2.45, 2.75) is 20.3 Å². The molecule has 0 bridgehead atoms. The van der Waals surface area contributed by atoms with Crippen molar-refractivity contribution in [1.82, 2.24) is 0 Å². The first-order valence-electron chi connectivity index (χ1n) is 25.5. The summed E-state index contributed by atoms with van der Waals surface area (Å²) < 4.78 is 0. The Morgan fingerprint density at radius 2 is 0.811 bits per heavy atom. The molecule has 358 valence electrons. The Hall–Kier alpha value is -9.38. The fourth-order valence-electron chi connectivity index (χ4n) is 10.4. The number of para-hydroxylation sites is 4. The molecule has 0 aromatic heterocycles. The van der Waals surface area contributed by atoms with Crippen molar-refractivity contribution in [2.75, 3.05) is 19.6 Å². The number of nitrogens with zero attached hydrogens (tertiary/aromatic N) is 4. The van der Waals surface area contributed by atoms with Crippen molar-refractivity contribution in [3.63, 3.8) is 0 Å². The van der Waals surface area contributed by atoms with Gasteiger partial charge in [0.1, 0.15) is 0 Å². The van der Waals surface area contributed by atoms with Crippen LogP contribution in [0.4, 0.5) is 51.2 Å². The van der Waals surface area contributed by atoms with Crippen LogP contribution in [0.25, 0.3) is 27.1 Å². The number of benzene rings is 10. The van der Waals surface area contributed by atoms with Crippen LogP contribution in [0.5, 0.6) is 0 Å². The highest BCUT2D eigenvalue weighted by Crippen LogP contribution is 2.44. The van der Waals surface area contributed by atoms with E-state index < -0.39 is 0 Å². The van der Waals surface area contributed by atoms with E-state index in [0.717, 1.165) is 74.4 Å². The van der Waals surface area contributed by atoms with E-state index in [1.165, 1.54) is 32.9 Å². The van der Waals surface area contributed by atoms with E-state index in [9.17, 15) is 0 Å². The number of anilines is 9. The predicted molar refractivity (Wildman–Crippen MR) is 317 cm³/mol. The van der Waals surface area contributed by atoms with Crippen LogP contribution in [0.2, 0.25) is 0 Å². The second-order valence-corrected chi connectivity index (χ2v) is 18.7. The average Bonchev–Trinajstić information content (AvgIpc) is 3.46. The van der Waals surface area contributed by atoms with Crippen molar-refractivity contribution in [1.29, 1.82) is 0 Å². The zero-order chi connectivity index (χ0) is 50.2. The Morgan fingerprint density at radius 3 is 1.31 bits per heavy atom. The lowest BCUT2D eigenvalue weighted by Crippen LogP contribution is -2.29. The van der Waals surface area contributed by atoms with Gasteiger partial charge in [0, 0.05) is 73.6 Å². The zero-order valence-electron chi connectivity index (χ0n) is 41.9. The Morgan fingerprint density at radius 1 is 0.405 bits per heavy atom. The van der Waals surface area contributed by atoms with Gasteiger partial charge >= 0.3 is 0 Å². The summed E-state index contributed by atoms with van der Waals surface area (Å²) in [6.07, 6.45) is 11.9. The third-order valence-corrected chi connectivity index (χ3v) is 14.0. The molecule has 0 spiro atoms. The number of fused-ring (bicyclic) bond motifs is 2. The smallest absolute Gasteiger partial charge is 0.0540 e. The topological polar surface area (TPSA) is 13.0 Å². The average molecular weight is 955 g/mol. The fraction of sp³-hybridized carbons (Fsp3) is 0.0571. The maximum Gasteiger partial charge on any atom is 0.0540 e. The molecule has 0 aliphatic heterocycles. The second kappa shape index (κ2) is 21.5. The maximum absolute atomic E-state index is 4.44. The summed E-state index contributed by atoms with van der Waals surface area (Å²) in [6.45, 7) is 8.97. The van der Waals surface area contributed by atoms with Gasteiger partial charge in [-0.1, -0.05) is 177 Å². The molecule has 0 saturated carbocycles. The largest absolute Gasteiger partial charge is 0.314 e. The summed E-state index contributed by atoms with van der Waals surface area (Å²) in [6, 6.07) is 90.8. The van der Waals surface area contributed by atoms with Crippen molar-refractivity contribution in [3.05, 3.63) is 314 Å². The van der Waals surface area contributed by atoms with Gasteiger partial charge in [-0.25, -0.2) is 0 Å². The number of allylic oxidation sites excluding steroid dienone is 8. The van der Waals surface area contributed by atoms with Crippen LogP contribution < -0.4 is 19.6 Å². The zero-order valence-corrected chi connectivity index (χ0v) is 41.9. The molecule has 4 heteroatoms. The van der Waals surface area contributed by atoms with Crippen LogP contribution in [0, 0.1) is 5.92 Å². The van der Waals surface area contributed by atoms with E-state index in [2.05, 4.69) is 319 Å². The molecule has 1 aliphatic carbocycles. The molecule has 0 N–H and O–H groups in total. The molecule has 0 amide bonds. The minimum atomic E-state index is 0.178. The summed E-state index contributed by atoms with van der Waals surface area (Å²) in [4.78, 5) is 9.48. The van der Waals surface area contributed by atoms with Crippen molar-refractivity contribution in [2.24, 2.45) is 5.92 Å². The van der Waals surface area contributed by atoms with Gasteiger partial charge in [-0.15, -0.1) is 0 Å². The minimum Gasteiger partial charge on any atom is -0.314 e. The highest BCUT2D eigenvalue weighted by molar-refractivity contribution is 5.99. The Bertz CT molecular complexity index is 3580. The van der Waals surface area contributed by atoms with Crippen LogP contribution in [-0.4, -0.2) is 0 Å². The van der Waals surface area contributed by atoms with Gasteiger partial charge in [-0.3, -0.25) is 0 Å². The monoisotopic (exact) mass is 954 g/mol. The van der Waals surface area contributed by atoms with E-state index in [0.29, 0.717) is 0 Å². The normalized spacial score (nSPS) is 13.7. The molecule has 0 radical (unpaired) electrons. The SMILES string of the molecule is C=C/C(=C\C=C(/C)c1ccc(N(c2ccc(N(c3ccccc3)c3ccccc3)cc2)c2cccc3ccccc23)cc1)N(C1=CC=C(N(c2ccccc2)c2ccccc2)CC1C)c1cccc2ccccc12.